The number of cyclic esters (lactones) is 1. The molecular formula is C22H25N3O3. The van der Waals surface area contributed by atoms with Gasteiger partial charge in [0.15, 0.2) is 0 Å². The van der Waals surface area contributed by atoms with Gasteiger partial charge in [0.25, 0.3) is 5.91 Å². The summed E-state index contributed by atoms with van der Waals surface area (Å²) in [4.78, 5) is 30.3. The minimum absolute atomic E-state index is 0.0378. The summed E-state index contributed by atoms with van der Waals surface area (Å²) in [5.74, 6) is 0.0378. The van der Waals surface area contributed by atoms with E-state index in [0.717, 1.165) is 18.8 Å². The van der Waals surface area contributed by atoms with Crippen molar-refractivity contribution in [3.8, 4) is 0 Å². The van der Waals surface area contributed by atoms with Crippen LogP contribution in [0.4, 0.5) is 16.2 Å². The lowest BCUT2D eigenvalue weighted by Crippen LogP contribution is -2.49. The zero-order valence-electron chi connectivity index (χ0n) is 16.4. The third-order valence-electron chi connectivity index (χ3n) is 5.45. The van der Waals surface area contributed by atoms with Crippen molar-refractivity contribution < 1.29 is 14.3 Å². The first-order valence-electron chi connectivity index (χ1n) is 9.69. The van der Waals surface area contributed by atoms with Crippen LogP contribution in [0.25, 0.3) is 0 Å². The van der Waals surface area contributed by atoms with Crippen LogP contribution in [0.3, 0.4) is 0 Å². The molecule has 0 radical (unpaired) electrons. The highest BCUT2D eigenvalue weighted by Gasteiger charge is 2.25. The number of piperazine rings is 1. The summed E-state index contributed by atoms with van der Waals surface area (Å²) in [6, 6.07) is 13.7. The average Bonchev–Trinajstić information content (AvgIpc) is 3.14. The third-order valence-corrected chi connectivity index (χ3v) is 5.45. The molecule has 2 saturated heterocycles. The van der Waals surface area contributed by atoms with Crippen molar-refractivity contribution in [2.45, 2.75) is 13.8 Å². The molecular weight excluding hydrogens is 354 g/mol. The highest BCUT2D eigenvalue weighted by atomic mass is 16.6. The Hall–Kier alpha value is -3.02. The number of hydrogen-bond donors (Lipinski definition) is 0. The Bertz CT molecular complexity index is 886. The summed E-state index contributed by atoms with van der Waals surface area (Å²) < 4.78 is 4.96. The summed E-state index contributed by atoms with van der Waals surface area (Å²) >= 11 is 0. The molecule has 0 saturated carbocycles. The van der Waals surface area contributed by atoms with Crippen molar-refractivity contribution >= 4 is 23.4 Å². The summed E-state index contributed by atoms with van der Waals surface area (Å²) in [6.07, 6.45) is -0.332. The molecule has 2 fully saturated rings. The zero-order valence-corrected chi connectivity index (χ0v) is 16.4. The van der Waals surface area contributed by atoms with Crippen molar-refractivity contribution in [3.05, 3.63) is 59.2 Å². The maximum Gasteiger partial charge on any atom is 0.414 e. The maximum absolute atomic E-state index is 12.9. The van der Waals surface area contributed by atoms with E-state index in [1.165, 1.54) is 16.8 Å². The van der Waals surface area contributed by atoms with E-state index in [2.05, 4.69) is 36.9 Å². The largest absolute Gasteiger partial charge is 0.447 e. The summed E-state index contributed by atoms with van der Waals surface area (Å²) in [5.41, 5.74) is 5.20. The number of carbonyl (C=O) groups excluding carboxylic acids is 2. The fourth-order valence-electron chi connectivity index (χ4n) is 3.91. The summed E-state index contributed by atoms with van der Waals surface area (Å²) in [6.45, 7) is 8.25. The number of amides is 2. The van der Waals surface area contributed by atoms with Crippen LogP contribution in [0.2, 0.25) is 0 Å². The SMILES string of the molecule is Cc1ccc(N2CCN(C(=O)c3ccc(N4CCOC4=O)cc3)CC2)c(C)c1. The van der Waals surface area contributed by atoms with Gasteiger partial charge in [0.1, 0.15) is 6.61 Å². The maximum atomic E-state index is 12.9. The average molecular weight is 379 g/mol. The lowest BCUT2D eigenvalue weighted by Gasteiger charge is -2.37. The monoisotopic (exact) mass is 379 g/mol. The molecule has 0 bridgehead atoms. The highest BCUT2D eigenvalue weighted by Crippen LogP contribution is 2.24. The topological polar surface area (TPSA) is 53.1 Å². The van der Waals surface area contributed by atoms with E-state index in [9.17, 15) is 9.59 Å². The third kappa shape index (κ3) is 3.54. The molecule has 2 amide bonds. The first-order chi connectivity index (χ1) is 13.5. The molecule has 4 rings (SSSR count). The Morgan fingerprint density at radius 2 is 1.64 bits per heavy atom. The van der Waals surface area contributed by atoms with Crippen LogP contribution in [0.1, 0.15) is 21.5 Å². The molecule has 2 aliphatic heterocycles. The first-order valence-corrected chi connectivity index (χ1v) is 9.69. The van der Waals surface area contributed by atoms with Gasteiger partial charge in [0.05, 0.1) is 6.54 Å². The molecule has 2 aliphatic rings. The van der Waals surface area contributed by atoms with E-state index in [1.807, 2.05) is 17.0 Å². The number of anilines is 2. The highest BCUT2D eigenvalue weighted by molar-refractivity contribution is 5.96. The number of hydrogen-bond acceptors (Lipinski definition) is 4. The number of rotatable bonds is 3. The van der Waals surface area contributed by atoms with Gasteiger partial charge in [-0.2, -0.15) is 0 Å². The van der Waals surface area contributed by atoms with Crippen LogP contribution in [0, 0.1) is 13.8 Å². The van der Waals surface area contributed by atoms with Crippen LogP contribution in [0.5, 0.6) is 0 Å². The Morgan fingerprint density at radius 3 is 2.25 bits per heavy atom. The van der Waals surface area contributed by atoms with Gasteiger partial charge >= 0.3 is 6.09 Å². The van der Waals surface area contributed by atoms with Crippen LogP contribution in [0.15, 0.2) is 42.5 Å². The lowest BCUT2D eigenvalue weighted by atomic mass is 10.1. The molecule has 6 nitrogen and oxygen atoms in total. The number of aryl methyl sites for hydroxylation is 2. The summed E-state index contributed by atoms with van der Waals surface area (Å²) in [7, 11) is 0. The number of carbonyl (C=O) groups is 2. The van der Waals surface area contributed by atoms with E-state index in [0.29, 0.717) is 31.8 Å². The van der Waals surface area contributed by atoms with Gasteiger partial charge in [0, 0.05) is 43.1 Å². The molecule has 2 aromatic carbocycles. The van der Waals surface area contributed by atoms with Crippen molar-refractivity contribution in [1.82, 2.24) is 4.90 Å². The van der Waals surface area contributed by atoms with Gasteiger partial charge in [-0.1, -0.05) is 17.7 Å². The number of nitrogens with zero attached hydrogens (tertiary/aromatic N) is 3. The van der Waals surface area contributed by atoms with E-state index >= 15 is 0 Å². The quantitative estimate of drug-likeness (QED) is 0.822. The van der Waals surface area contributed by atoms with Crippen LogP contribution in [-0.2, 0) is 4.74 Å². The van der Waals surface area contributed by atoms with Crippen molar-refractivity contribution in [2.24, 2.45) is 0 Å². The van der Waals surface area contributed by atoms with E-state index in [-0.39, 0.29) is 12.0 Å². The smallest absolute Gasteiger partial charge is 0.414 e. The van der Waals surface area contributed by atoms with Crippen LogP contribution >= 0.6 is 0 Å². The molecule has 28 heavy (non-hydrogen) atoms. The molecule has 6 heteroatoms. The van der Waals surface area contributed by atoms with Gasteiger partial charge in [-0.15, -0.1) is 0 Å². The molecule has 0 N–H and O–H groups in total. The minimum atomic E-state index is -0.332. The second-order valence-electron chi connectivity index (χ2n) is 7.38. The predicted octanol–water partition coefficient (Wildman–Crippen LogP) is 3.22. The predicted molar refractivity (Wildman–Crippen MR) is 109 cm³/mol. The van der Waals surface area contributed by atoms with Gasteiger partial charge in [-0.05, 0) is 49.7 Å². The molecule has 0 atom stereocenters. The molecule has 2 heterocycles. The lowest BCUT2D eigenvalue weighted by molar-refractivity contribution is 0.0747. The van der Waals surface area contributed by atoms with Gasteiger partial charge in [-0.25, -0.2) is 4.79 Å². The normalized spacial score (nSPS) is 17.1. The van der Waals surface area contributed by atoms with Crippen LogP contribution in [-0.4, -0.2) is 56.2 Å². The van der Waals surface area contributed by atoms with Crippen molar-refractivity contribution in [1.29, 1.82) is 0 Å². The molecule has 0 aliphatic carbocycles. The van der Waals surface area contributed by atoms with Gasteiger partial charge < -0.3 is 14.5 Å². The zero-order chi connectivity index (χ0) is 19.7. The first kappa shape index (κ1) is 18.3. The van der Waals surface area contributed by atoms with Crippen molar-refractivity contribution in [3.63, 3.8) is 0 Å². The molecule has 146 valence electrons. The fourth-order valence-corrected chi connectivity index (χ4v) is 3.91. The second-order valence-corrected chi connectivity index (χ2v) is 7.38. The van der Waals surface area contributed by atoms with E-state index in [1.54, 1.807) is 17.0 Å². The molecule has 2 aromatic rings. The van der Waals surface area contributed by atoms with E-state index in [4.69, 9.17) is 4.74 Å². The van der Waals surface area contributed by atoms with Crippen LogP contribution < -0.4 is 9.80 Å². The Labute approximate surface area is 165 Å². The molecule has 0 spiro atoms. The Balaban J connectivity index is 1.39. The number of ether oxygens (including phenoxy) is 1. The second kappa shape index (κ2) is 7.54. The fraction of sp³-hybridized carbons (Fsp3) is 0.364. The standard InChI is InChI=1S/C22H25N3O3/c1-16-3-8-20(17(2)15-16)23-9-11-24(12-10-23)21(26)18-4-6-19(7-5-18)25-13-14-28-22(25)27/h3-8,15H,9-14H2,1-2H3. The van der Waals surface area contributed by atoms with Gasteiger partial charge in [-0.3, -0.25) is 9.69 Å². The number of benzene rings is 2. The Morgan fingerprint density at radius 1 is 0.929 bits per heavy atom. The summed E-state index contributed by atoms with van der Waals surface area (Å²) in [5, 5.41) is 0. The molecule has 0 unspecified atom stereocenters. The van der Waals surface area contributed by atoms with E-state index < -0.39 is 0 Å². The van der Waals surface area contributed by atoms with Crippen molar-refractivity contribution in [2.75, 3.05) is 49.1 Å². The van der Waals surface area contributed by atoms with Gasteiger partial charge in [0.2, 0.25) is 0 Å². The molecule has 0 aromatic heterocycles. The minimum Gasteiger partial charge on any atom is -0.447 e. The Kier molecular flexibility index (Phi) is 4.94.